The largest absolute Gasteiger partial charge is 0.393 e. The van der Waals surface area contributed by atoms with E-state index in [2.05, 4.69) is 25.6 Å². The van der Waals surface area contributed by atoms with Crippen LogP contribution in [0.25, 0.3) is 11.2 Å². The molecule has 2 aliphatic carbocycles. The van der Waals surface area contributed by atoms with Gasteiger partial charge in [-0.15, -0.1) is 0 Å². The van der Waals surface area contributed by atoms with Crippen molar-refractivity contribution in [1.82, 2.24) is 19.5 Å². The molecule has 0 bridgehead atoms. The summed E-state index contributed by atoms with van der Waals surface area (Å²) in [5, 5.41) is 15.9. The van der Waals surface area contributed by atoms with Gasteiger partial charge < -0.3 is 15.7 Å². The average Bonchev–Trinajstić information content (AvgIpc) is 3.16. The molecule has 0 radical (unpaired) electrons. The van der Waals surface area contributed by atoms with Crippen molar-refractivity contribution >= 4 is 34.5 Å². The van der Waals surface area contributed by atoms with Crippen LogP contribution in [0.4, 0.5) is 30.8 Å². The standard InChI is InChI=1S/C23H25F3N6O2/c24-12-9-17(25)20(18(26)10-12)30-23-29-19-11-27-22(28-13-1-5-15(33)6-2-13)31-21(19)32(23)14-3-7-16(34)8-4-14/h9-11,13-14,16,34H,1-8H2,(H,29,30)(H,27,28,31)/t14-,16+. The molecule has 2 aromatic heterocycles. The van der Waals surface area contributed by atoms with Crippen LogP contribution in [-0.4, -0.2) is 42.6 Å². The predicted octanol–water partition coefficient (Wildman–Crippen LogP) is 4.39. The zero-order valence-corrected chi connectivity index (χ0v) is 18.4. The van der Waals surface area contributed by atoms with Crippen LogP contribution in [0.5, 0.6) is 0 Å². The minimum Gasteiger partial charge on any atom is -0.393 e. The van der Waals surface area contributed by atoms with Gasteiger partial charge in [0.1, 0.15) is 22.8 Å². The zero-order valence-electron chi connectivity index (χ0n) is 18.4. The second kappa shape index (κ2) is 9.21. The van der Waals surface area contributed by atoms with E-state index in [1.54, 1.807) is 4.57 Å². The number of Topliss-reactive ketones (excluding diaryl/α,β-unsaturated/α-hetero) is 1. The number of imidazole rings is 1. The van der Waals surface area contributed by atoms with E-state index in [1.807, 2.05) is 0 Å². The van der Waals surface area contributed by atoms with Gasteiger partial charge >= 0.3 is 0 Å². The highest BCUT2D eigenvalue weighted by Gasteiger charge is 2.27. The van der Waals surface area contributed by atoms with Gasteiger partial charge in [0.2, 0.25) is 11.9 Å². The van der Waals surface area contributed by atoms with Gasteiger partial charge in [0.25, 0.3) is 0 Å². The van der Waals surface area contributed by atoms with E-state index in [9.17, 15) is 23.1 Å². The minimum absolute atomic E-state index is 0.0800. The van der Waals surface area contributed by atoms with Crippen LogP contribution >= 0.6 is 0 Å². The Bertz CT molecular complexity index is 1190. The predicted molar refractivity (Wildman–Crippen MR) is 119 cm³/mol. The second-order valence-corrected chi connectivity index (χ2v) is 9.00. The van der Waals surface area contributed by atoms with Crippen LogP contribution in [0, 0.1) is 17.5 Å². The number of ketones is 1. The number of anilines is 3. The summed E-state index contributed by atoms with van der Waals surface area (Å²) in [7, 11) is 0. The van der Waals surface area contributed by atoms with Crippen molar-refractivity contribution in [2.24, 2.45) is 0 Å². The minimum atomic E-state index is -1.07. The summed E-state index contributed by atoms with van der Waals surface area (Å²) >= 11 is 0. The first-order valence-corrected chi connectivity index (χ1v) is 11.5. The molecule has 0 atom stereocenters. The number of carbonyl (C=O) groups is 1. The van der Waals surface area contributed by atoms with Crippen LogP contribution in [-0.2, 0) is 4.79 Å². The molecule has 1 aromatic carbocycles. The number of nitrogens with zero attached hydrogens (tertiary/aromatic N) is 4. The second-order valence-electron chi connectivity index (χ2n) is 9.00. The maximum atomic E-state index is 14.4. The van der Waals surface area contributed by atoms with Gasteiger partial charge in [-0.25, -0.2) is 23.1 Å². The highest BCUT2D eigenvalue weighted by atomic mass is 19.1. The van der Waals surface area contributed by atoms with Crippen molar-refractivity contribution in [3.63, 3.8) is 0 Å². The van der Waals surface area contributed by atoms with E-state index in [-0.39, 0.29) is 23.8 Å². The Balaban J connectivity index is 1.52. The van der Waals surface area contributed by atoms with Gasteiger partial charge in [-0.05, 0) is 38.5 Å². The molecule has 2 saturated carbocycles. The fraction of sp³-hybridized carbons (Fsp3) is 0.478. The molecular formula is C23H25F3N6O2. The molecule has 11 heteroatoms. The van der Waals surface area contributed by atoms with E-state index >= 15 is 0 Å². The third kappa shape index (κ3) is 4.56. The third-order valence-electron chi connectivity index (χ3n) is 6.58. The summed E-state index contributed by atoms with van der Waals surface area (Å²) in [5.41, 5.74) is 0.407. The summed E-state index contributed by atoms with van der Waals surface area (Å²) in [6, 6.07) is 1.17. The Hall–Kier alpha value is -3.21. The molecule has 8 nitrogen and oxygen atoms in total. The van der Waals surface area contributed by atoms with E-state index < -0.39 is 29.2 Å². The summed E-state index contributed by atoms with van der Waals surface area (Å²) in [4.78, 5) is 25.0. The zero-order chi connectivity index (χ0) is 23.8. The summed E-state index contributed by atoms with van der Waals surface area (Å²) < 4.78 is 43.9. The number of benzene rings is 1. The van der Waals surface area contributed by atoms with Gasteiger partial charge in [0, 0.05) is 37.1 Å². The van der Waals surface area contributed by atoms with Crippen molar-refractivity contribution in [1.29, 1.82) is 0 Å². The first kappa shape index (κ1) is 22.6. The first-order valence-electron chi connectivity index (χ1n) is 11.5. The van der Waals surface area contributed by atoms with Crippen molar-refractivity contribution < 1.29 is 23.1 Å². The SMILES string of the molecule is O=C1CCC(Nc2ncc3nc(Nc4c(F)cc(F)cc4F)n([C@H]4CC[C@@H](O)CC4)c3n2)CC1. The van der Waals surface area contributed by atoms with E-state index in [0.717, 1.165) is 0 Å². The molecule has 2 aliphatic rings. The molecule has 2 fully saturated rings. The van der Waals surface area contributed by atoms with Crippen LogP contribution in [0.1, 0.15) is 57.4 Å². The van der Waals surface area contributed by atoms with Crippen LogP contribution in [0.15, 0.2) is 18.3 Å². The summed E-state index contributed by atoms with van der Waals surface area (Å²) in [6.07, 6.45) is 6.01. The molecule has 5 rings (SSSR count). The number of aliphatic hydroxyl groups excluding tert-OH is 1. The Kier molecular flexibility index (Phi) is 6.11. The number of carbonyl (C=O) groups excluding carboxylic acids is 1. The topological polar surface area (TPSA) is 105 Å². The fourth-order valence-electron chi connectivity index (χ4n) is 4.75. The van der Waals surface area contributed by atoms with Crippen LogP contribution in [0.3, 0.4) is 0 Å². The maximum absolute atomic E-state index is 14.4. The van der Waals surface area contributed by atoms with Crippen molar-refractivity contribution in [3.8, 4) is 0 Å². The number of fused-ring (bicyclic) bond motifs is 1. The summed E-state index contributed by atoms with van der Waals surface area (Å²) in [6.45, 7) is 0. The first-order chi connectivity index (χ1) is 16.4. The Morgan fingerprint density at radius 1 is 0.971 bits per heavy atom. The number of halogens is 3. The number of hydrogen-bond donors (Lipinski definition) is 3. The van der Waals surface area contributed by atoms with E-state index in [0.29, 0.717) is 80.6 Å². The number of nitrogens with one attached hydrogen (secondary N) is 2. The molecule has 180 valence electrons. The normalized spacial score (nSPS) is 21.7. The summed E-state index contributed by atoms with van der Waals surface area (Å²) in [5.74, 6) is -2.36. The maximum Gasteiger partial charge on any atom is 0.224 e. The highest BCUT2D eigenvalue weighted by Crippen LogP contribution is 2.36. The quantitative estimate of drug-likeness (QED) is 0.504. The molecule has 0 unspecified atom stereocenters. The number of aliphatic hydroxyl groups is 1. The lowest BCUT2D eigenvalue weighted by molar-refractivity contribution is -0.120. The van der Waals surface area contributed by atoms with Gasteiger partial charge in [-0.1, -0.05) is 0 Å². The van der Waals surface area contributed by atoms with E-state index in [1.165, 1.54) is 6.20 Å². The van der Waals surface area contributed by atoms with Gasteiger partial charge in [-0.2, -0.15) is 4.98 Å². The molecule has 0 saturated heterocycles. The highest BCUT2D eigenvalue weighted by molar-refractivity contribution is 5.79. The number of aromatic nitrogens is 4. The molecule has 3 N–H and O–H groups in total. The molecular weight excluding hydrogens is 449 g/mol. The Labute approximate surface area is 193 Å². The van der Waals surface area contributed by atoms with Crippen molar-refractivity contribution in [2.45, 2.75) is 69.6 Å². The molecule has 0 amide bonds. The molecule has 0 aliphatic heterocycles. The lowest BCUT2D eigenvalue weighted by atomic mass is 9.93. The smallest absolute Gasteiger partial charge is 0.224 e. The lowest BCUT2D eigenvalue weighted by Crippen LogP contribution is -2.27. The Morgan fingerprint density at radius 3 is 2.32 bits per heavy atom. The van der Waals surface area contributed by atoms with Gasteiger partial charge in [0.05, 0.1) is 12.3 Å². The monoisotopic (exact) mass is 474 g/mol. The molecule has 34 heavy (non-hydrogen) atoms. The van der Waals surface area contributed by atoms with Gasteiger partial charge in [0.15, 0.2) is 17.3 Å². The Morgan fingerprint density at radius 2 is 1.65 bits per heavy atom. The fourth-order valence-corrected chi connectivity index (χ4v) is 4.75. The number of hydrogen-bond acceptors (Lipinski definition) is 7. The van der Waals surface area contributed by atoms with Crippen LogP contribution in [0.2, 0.25) is 0 Å². The molecule has 0 spiro atoms. The average molecular weight is 474 g/mol. The van der Waals surface area contributed by atoms with Gasteiger partial charge in [-0.3, -0.25) is 9.36 Å². The lowest BCUT2D eigenvalue weighted by Gasteiger charge is -2.28. The number of rotatable bonds is 5. The third-order valence-corrected chi connectivity index (χ3v) is 6.58. The van der Waals surface area contributed by atoms with Crippen molar-refractivity contribution in [2.75, 3.05) is 10.6 Å². The molecule has 2 heterocycles. The van der Waals surface area contributed by atoms with Crippen molar-refractivity contribution in [3.05, 3.63) is 35.8 Å². The van der Waals surface area contributed by atoms with E-state index in [4.69, 9.17) is 0 Å². The van der Waals surface area contributed by atoms with Crippen LogP contribution < -0.4 is 10.6 Å². The molecule has 3 aromatic rings.